The van der Waals surface area contributed by atoms with E-state index in [-0.39, 0.29) is 5.82 Å². The maximum atomic E-state index is 12.9. The van der Waals surface area contributed by atoms with Gasteiger partial charge in [-0.15, -0.1) is 10.2 Å². The summed E-state index contributed by atoms with van der Waals surface area (Å²) in [5.41, 5.74) is 1.78. The van der Waals surface area contributed by atoms with E-state index in [1.54, 1.807) is 22.9 Å². The predicted molar refractivity (Wildman–Crippen MR) is 86.4 cm³/mol. The van der Waals surface area contributed by atoms with Crippen LogP contribution in [0.3, 0.4) is 0 Å². The molecule has 5 nitrogen and oxygen atoms in total. The molecule has 114 valence electrons. The van der Waals surface area contributed by atoms with E-state index in [4.69, 9.17) is 4.42 Å². The summed E-state index contributed by atoms with van der Waals surface area (Å²) >= 11 is 1.43. The minimum Gasteiger partial charge on any atom is -0.469 e. The largest absolute Gasteiger partial charge is 0.469 e. The molecule has 3 heterocycles. The average molecular weight is 326 g/mol. The van der Waals surface area contributed by atoms with E-state index < -0.39 is 0 Å². The van der Waals surface area contributed by atoms with E-state index in [0.717, 1.165) is 21.9 Å². The van der Waals surface area contributed by atoms with Crippen molar-refractivity contribution in [2.45, 2.75) is 6.92 Å². The topological polar surface area (TPSA) is 56.2 Å². The molecule has 0 bridgehead atoms. The van der Waals surface area contributed by atoms with Crippen molar-refractivity contribution in [3.63, 3.8) is 0 Å². The van der Waals surface area contributed by atoms with Gasteiger partial charge in [0.05, 0.1) is 11.8 Å². The minimum atomic E-state index is -0.249. The van der Waals surface area contributed by atoms with Gasteiger partial charge >= 0.3 is 0 Å². The highest BCUT2D eigenvalue weighted by Crippen LogP contribution is 2.25. The van der Waals surface area contributed by atoms with Crippen LogP contribution in [0.15, 0.2) is 41.0 Å². The van der Waals surface area contributed by atoms with Crippen molar-refractivity contribution >= 4 is 28.4 Å². The summed E-state index contributed by atoms with van der Waals surface area (Å²) in [4.78, 5) is 0.708. The second-order valence-electron chi connectivity index (χ2n) is 4.93. The van der Waals surface area contributed by atoms with Crippen molar-refractivity contribution in [3.8, 4) is 11.4 Å². The SMILES string of the molecule is Cc1occc1-c1nnc2sc(/C=C/c3ccc(F)cc3)nn12. The zero-order chi connectivity index (χ0) is 15.8. The molecule has 0 aliphatic heterocycles. The number of hydrogen-bond acceptors (Lipinski definition) is 5. The Morgan fingerprint density at radius 2 is 1.96 bits per heavy atom. The third-order valence-corrected chi connectivity index (χ3v) is 4.26. The fraction of sp³-hybridized carbons (Fsp3) is 0.0625. The zero-order valence-corrected chi connectivity index (χ0v) is 12.9. The minimum absolute atomic E-state index is 0.249. The van der Waals surface area contributed by atoms with E-state index in [2.05, 4.69) is 15.3 Å². The lowest BCUT2D eigenvalue weighted by molar-refractivity contribution is 0.535. The summed E-state index contributed by atoms with van der Waals surface area (Å²) in [6.07, 6.45) is 5.37. The van der Waals surface area contributed by atoms with Crippen molar-refractivity contribution < 1.29 is 8.81 Å². The standard InChI is InChI=1S/C16H11FN4OS/c1-10-13(8-9-22-10)15-18-19-16-21(15)20-14(23-16)7-4-11-2-5-12(17)6-3-11/h2-9H,1H3/b7-4+. The number of hydrogen-bond donors (Lipinski definition) is 0. The first-order valence-electron chi connectivity index (χ1n) is 6.91. The van der Waals surface area contributed by atoms with Crippen LogP contribution in [0.2, 0.25) is 0 Å². The number of rotatable bonds is 3. The Hall–Kier alpha value is -2.80. The van der Waals surface area contributed by atoms with Crippen LogP contribution in [-0.4, -0.2) is 19.8 Å². The number of aryl methyl sites for hydroxylation is 1. The van der Waals surface area contributed by atoms with E-state index in [0.29, 0.717) is 10.8 Å². The fourth-order valence-corrected chi connectivity index (χ4v) is 2.97. The van der Waals surface area contributed by atoms with Crippen LogP contribution >= 0.6 is 11.3 Å². The van der Waals surface area contributed by atoms with Crippen LogP contribution < -0.4 is 0 Å². The molecule has 1 aromatic carbocycles. The first-order chi connectivity index (χ1) is 11.2. The third kappa shape index (κ3) is 2.55. The van der Waals surface area contributed by atoms with Gasteiger partial charge in [0.15, 0.2) is 5.82 Å². The second-order valence-corrected chi connectivity index (χ2v) is 5.92. The van der Waals surface area contributed by atoms with Gasteiger partial charge in [0.25, 0.3) is 0 Å². The van der Waals surface area contributed by atoms with Crippen LogP contribution in [0.1, 0.15) is 16.3 Å². The molecule has 0 amide bonds. The lowest BCUT2D eigenvalue weighted by Crippen LogP contribution is -1.90. The summed E-state index contributed by atoms with van der Waals surface area (Å²) in [7, 11) is 0. The summed E-state index contributed by atoms with van der Waals surface area (Å²) in [5.74, 6) is 1.18. The van der Waals surface area contributed by atoms with E-state index in [9.17, 15) is 4.39 Å². The van der Waals surface area contributed by atoms with Gasteiger partial charge in [-0.05, 0) is 36.8 Å². The number of fused-ring (bicyclic) bond motifs is 1. The highest BCUT2D eigenvalue weighted by molar-refractivity contribution is 7.17. The number of nitrogens with zero attached hydrogens (tertiary/aromatic N) is 4. The Labute approximate surface area is 134 Å². The summed E-state index contributed by atoms with van der Waals surface area (Å²) < 4.78 is 19.9. The maximum Gasteiger partial charge on any atom is 0.235 e. The highest BCUT2D eigenvalue weighted by atomic mass is 32.1. The monoisotopic (exact) mass is 326 g/mol. The van der Waals surface area contributed by atoms with E-state index >= 15 is 0 Å². The molecule has 0 N–H and O–H groups in total. The van der Waals surface area contributed by atoms with Gasteiger partial charge in [-0.25, -0.2) is 4.39 Å². The zero-order valence-electron chi connectivity index (χ0n) is 12.1. The van der Waals surface area contributed by atoms with Crippen LogP contribution in [0.5, 0.6) is 0 Å². The molecule has 0 saturated heterocycles. The van der Waals surface area contributed by atoms with Gasteiger partial charge in [-0.1, -0.05) is 29.5 Å². The van der Waals surface area contributed by atoms with Gasteiger partial charge in [0.2, 0.25) is 4.96 Å². The molecule has 0 atom stereocenters. The molecule has 0 aliphatic carbocycles. The predicted octanol–water partition coefficient (Wildman–Crippen LogP) is 4.06. The van der Waals surface area contributed by atoms with Gasteiger partial charge in [0.1, 0.15) is 16.6 Å². The molecule has 7 heteroatoms. The molecule has 0 saturated carbocycles. The van der Waals surface area contributed by atoms with Crippen molar-refractivity contribution in [3.05, 3.63) is 58.7 Å². The van der Waals surface area contributed by atoms with Gasteiger partial charge in [-0.2, -0.15) is 9.61 Å². The van der Waals surface area contributed by atoms with Crippen molar-refractivity contribution in [2.75, 3.05) is 0 Å². The molecule has 23 heavy (non-hydrogen) atoms. The lowest BCUT2D eigenvalue weighted by Gasteiger charge is -1.93. The molecule has 0 radical (unpaired) electrons. The van der Waals surface area contributed by atoms with Crippen LogP contribution in [0.4, 0.5) is 4.39 Å². The summed E-state index contributed by atoms with van der Waals surface area (Å²) in [6, 6.07) is 8.13. The molecule has 0 fully saturated rings. The van der Waals surface area contributed by atoms with Crippen molar-refractivity contribution in [1.29, 1.82) is 0 Å². The first kappa shape index (κ1) is 13.8. The van der Waals surface area contributed by atoms with Crippen molar-refractivity contribution in [1.82, 2.24) is 19.8 Å². The van der Waals surface area contributed by atoms with E-state index in [1.165, 1.54) is 23.5 Å². The van der Waals surface area contributed by atoms with Gasteiger partial charge < -0.3 is 4.42 Å². The molecule has 4 aromatic rings. The Kier molecular flexibility index (Phi) is 3.27. The smallest absolute Gasteiger partial charge is 0.235 e. The Balaban J connectivity index is 1.68. The summed E-state index contributed by atoms with van der Waals surface area (Å²) in [5, 5.41) is 13.6. The highest BCUT2D eigenvalue weighted by Gasteiger charge is 2.15. The van der Waals surface area contributed by atoms with Gasteiger partial charge in [-0.3, -0.25) is 0 Å². The quantitative estimate of drug-likeness (QED) is 0.569. The van der Waals surface area contributed by atoms with Crippen LogP contribution in [0.25, 0.3) is 28.5 Å². The Bertz CT molecular complexity index is 997. The van der Waals surface area contributed by atoms with Gasteiger partial charge in [0, 0.05) is 0 Å². The number of halogens is 1. The van der Waals surface area contributed by atoms with Crippen molar-refractivity contribution in [2.24, 2.45) is 0 Å². The van der Waals surface area contributed by atoms with Crippen LogP contribution in [-0.2, 0) is 0 Å². The second kappa shape index (κ2) is 5.44. The maximum absolute atomic E-state index is 12.9. The lowest BCUT2D eigenvalue weighted by atomic mass is 10.2. The normalized spacial score (nSPS) is 11.7. The number of aromatic nitrogens is 4. The Morgan fingerprint density at radius 3 is 2.70 bits per heavy atom. The van der Waals surface area contributed by atoms with Crippen LogP contribution in [0, 0.1) is 12.7 Å². The first-order valence-corrected chi connectivity index (χ1v) is 7.73. The molecular formula is C16H11FN4OS. The average Bonchev–Trinajstić information content (AvgIpc) is 3.22. The molecule has 0 unspecified atom stereocenters. The number of benzene rings is 1. The molecule has 0 spiro atoms. The third-order valence-electron chi connectivity index (χ3n) is 3.39. The fourth-order valence-electron chi connectivity index (χ4n) is 2.23. The molecule has 4 rings (SSSR count). The molecular weight excluding hydrogens is 315 g/mol. The van der Waals surface area contributed by atoms with E-state index in [1.807, 2.05) is 25.1 Å². The number of furan rings is 1. The summed E-state index contributed by atoms with van der Waals surface area (Å²) in [6.45, 7) is 1.87. The Morgan fingerprint density at radius 1 is 1.13 bits per heavy atom. The molecule has 3 aromatic heterocycles. The molecule has 0 aliphatic rings.